The van der Waals surface area contributed by atoms with Crippen molar-refractivity contribution >= 4 is 0 Å². The molecule has 0 spiro atoms. The van der Waals surface area contributed by atoms with Gasteiger partial charge in [0.1, 0.15) is 51.8 Å². The second-order valence-corrected chi connectivity index (χ2v) is 8.95. The minimum atomic E-state index is -5.50. The summed E-state index contributed by atoms with van der Waals surface area (Å²) in [5, 5.41) is 0. The Morgan fingerprint density at radius 3 is 1.56 bits per heavy atom. The van der Waals surface area contributed by atoms with Crippen LogP contribution < -0.4 is 4.74 Å². The first-order valence-corrected chi connectivity index (χ1v) is 11.8. The van der Waals surface area contributed by atoms with Crippen LogP contribution in [0.2, 0.25) is 0 Å². The van der Waals surface area contributed by atoms with Gasteiger partial charge in [0.2, 0.25) is 0 Å². The van der Waals surface area contributed by atoms with E-state index in [4.69, 9.17) is 0 Å². The molecule has 0 saturated carbocycles. The molecule has 216 valence electrons. The molecule has 0 aliphatic carbocycles. The Labute approximate surface area is 225 Å². The third-order valence-corrected chi connectivity index (χ3v) is 6.04. The molecule has 41 heavy (non-hydrogen) atoms. The van der Waals surface area contributed by atoms with Crippen LogP contribution in [0.1, 0.15) is 30.0 Å². The van der Waals surface area contributed by atoms with Crippen molar-refractivity contribution in [3.05, 3.63) is 112 Å². The van der Waals surface area contributed by atoms with Crippen LogP contribution >= 0.6 is 0 Å². The smallest absolute Gasteiger partial charge is 0.429 e. The van der Waals surface area contributed by atoms with Gasteiger partial charge in [-0.2, -0.15) is 22.0 Å². The van der Waals surface area contributed by atoms with E-state index in [9.17, 15) is 48.3 Å². The molecule has 0 radical (unpaired) electrons. The Morgan fingerprint density at radius 2 is 1.05 bits per heavy atom. The SMILES string of the molecule is CCCc1ccc(-c2ccc(-c3cc(F)c(C(F)(F)Oc4cc(F)c(C(F)(F)F)c(F)c4)c(F)c3)c(F)c2)c(F)c1. The van der Waals surface area contributed by atoms with Crippen LogP contribution in [0.3, 0.4) is 0 Å². The van der Waals surface area contributed by atoms with E-state index >= 15 is 0 Å². The summed E-state index contributed by atoms with van der Waals surface area (Å²) in [6.07, 6.45) is -9.06. The molecule has 0 aromatic heterocycles. The van der Waals surface area contributed by atoms with Crippen LogP contribution in [-0.4, -0.2) is 0 Å². The fraction of sp³-hybridized carbons (Fsp3) is 0.172. The van der Waals surface area contributed by atoms with Crippen molar-refractivity contribution < 1.29 is 53.0 Å². The van der Waals surface area contributed by atoms with Crippen molar-refractivity contribution in [1.82, 2.24) is 0 Å². The second-order valence-electron chi connectivity index (χ2n) is 8.95. The number of alkyl halides is 5. The molecule has 0 saturated heterocycles. The van der Waals surface area contributed by atoms with E-state index in [0.717, 1.165) is 24.1 Å². The average molecular weight is 590 g/mol. The predicted octanol–water partition coefficient (Wildman–Crippen LogP) is 9.95. The number of hydrogen-bond acceptors (Lipinski definition) is 1. The molecule has 0 N–H and O–H groups in total. The van der Waals surface area contributed by atoms with Gasteiger partial charge in [-0.15, -0.1) is 0 Å². The summed E-state index contributed by atoms with van der Waals surface area (Å²) in [5.74, 6) is -11.7. The Morgan fingerprint density at radius 1 is 0.561 bits per heavy atom. The van der Waals surface area contributed by atoms with Crippen molar-refractivity contribution in [2.45, 2.75) is 32.1 Å². The van der Waals surface area contributed by atoms with Gasteiger partial charge in [0, 0.05) is 23.3 Å². The number of rotatable bonds is 7. The molecule has 0 aliphatic heterocycles. The highest BCUT2D eigenvalue weighted by molar-refractivity contribution is 5.72. The van der Waals surface area contributed by atoms with Crippen molar-refractivity contribution in [3.8, 4) is 28.0 Å². The highest BCUT2D eigenvalue weighted by Gasteiger charge is 2.43. The molecule has 0 unspecified atom stereocenters. The van der Waals surface area contributed by atoms with Gasteiger partial charge in [-0.25, -0.2) is 26.3 Å². The van der Waals surface area contributed by atoms with Crippen LogP contribution in [0.15, 0.2) is 60.7 Å². The van der Waals surface area contributed by atoms with E-state index < -0.39 is 75.2 Å². The average Bonchev–Trinajstić information content (AvgIpc) is 2.82. The minimum Gasteiger partial charge on any atom is -0.429 e. The molecule has 4 aromatic rings. The molecule has 4 rings (SSSR count). The number of hydrogen-bond donors (Lipinski definition) is 0. The first kappa shape index (κ1) is 29.9. The van der Waals surface area contributed by atoms with Crippen LogP contribution in [-0.2, 0) is 18.7 Å². The van der Waals surface area contributed by atoms with Gasteiger partial charge in [-0.05, 0) is 47.4 Å². The molecular weight excluding hydrogens is 573 g/mol. The third-order valence-electron chi connectivity index (χ3n) is 6.04. The van der Waals surface area contributed by atoms with Crippen molar-refractivity contribution in [2.24, 2.45) is 0 Å². The Bertz CT molecular complexity index is 1560. The molecule has 0 fully saturated rings. The lowest BCUT2D eigenvalue weighted by atomic mass is 9.97. The summed E-state index contributed by atoms with van der Waals surface area (Å²) < 4.78 is 158. The van der Waals surface area contributed by atoms with E-state index in [2.05, 4.69) is 4.74 Å². The molecule has 0 bridgehead atoms. The molecule has 4 aromatic carbocycles. The summed E-state index contributed by atoms with van der Waals surface area (Å²) in [6, 6.07) is 7.83. The molecule has 0 heterocycles. The maximum Gasteiger partial charge on any atom is 0.432 e. The van der Waals surface area contributed by atoms with Crippen molar-refractivity contribution in [1.29, 1.82) is 0 Å². The fourth-order valence-corrected chi connectivity index (χ4v) is 4.24. The predicted molar refractivity (Wildman–Crippen MR) is 127 cm³/mol. The van der Waals surface area contributed by atoms with Crippen molar-refractivity contribution in [3.63, 3.8) is 0 Å². The monoisotopic (exact) mass is 590 g/mol. The summed E-state index contributed by atoms with van der Waals surface area (Å²) in [6.45, 7) is 1.91. The number of halogens is 11. The van der Waals surface area contributed by atoms with Crippen LogP contribution in [0.5, 0.6) is 5.75 Å². The zero-order valence-corrected chi connectivity index (χ0v) is 20.8. The van der Waals surface area contributed by atoms with Crippen molar-refractivity contribution in [2.75, 3.05) is 0 Å². The van der Waals surface area contributed by atoms with Gasteiger partial charge in [-0.3, -0.25) is 0 Å². The van der Waals surface area contributed by atoms with Crippen LogP contribution in [0, 0.1) is 34.9 Å². The maximum absolute atomic E-state index is 14.9. The standard InChI is InChI=1S/C29H17F11O/c1-2-3-14-4-6-18(20(30)8-14)15-5-7-19(21(31)9-15)16-10-22(32)27(23(33)11-16)29(39,40)41-17-12-24(34)26(25(35)13-17)28(36,37)38/h4-13H,2-3H2,1H3. The molecule has 0 amide bonds. The van der Waals surface area contributed by atoms with Gasteiger partial charge < -0.3 is 4.74 Å². The lowest BCUT2D eigenvalue weighted by Gasteiger charge is -2.21. The first-order valence-electron chi connectivity index (χ1n) is 11.8. The van der Waals surface area contributed by atoms with Gasteiger partial charge in [0.05, 0.1) is 0 Å². The topological polar surface area (TPSA) is 9.23 Å². The summed E-state index contributed by atoms with van der Waals surface area (Å²) in [5.41, 5.74) is -4.51. The van der Waals surface area contributed by atoms with Gasteiger partial charge in [-0.1, -0.05) is 37.6 Å². The van der Waals surface area contributed by atoms with E-state index in [1.807, 2.05) is 6.92 Å². The highest BCUT2D eigenvalue weighted by atomic mass is 19.4. The molecule has 0 atom stereocenters. The Kier molecular flexibility index (Phi) is 8.06. The minimum absolute atomic E-state index is 0.0518. The molecule has 12 heteroatoms. The van der Waals surface area contributed by atoms with Gasteiger partial charge in [0.25, 0.3) is 0 Å². The summed E-state index contributed by atoms with van der Waals surface area (Å²) in [7, 11) is 0. The normalized spacial score (nSPS) is 12.1. The maximum atomic E-state index is 14.9. The van der Waals surface area contributed by atoms with Crippen LogP contribution in [0.4, 0.5) is 48.3 Å². The molecular formula is C29H17F11O. The third kappa shape index (κ3) is 6.15. The molecule has 0 aliphatic rings. The quantitative estimate of drug-likeness (QED) is 0.195. The van der Waals surface area contributed by atoms with Gasteiger partial charge in [0.15, 0.2) is 0 Å². The zero-order chi connectivity index (χ0) is 30.3. The van der Waals surface area contributed by atoms with E-state index in [-0.39, 0.29) is 23.3 Å². The summed E-state index contributed by atoms with van der Waals surface area (Å²) in [4.78, 5) is 0. The van der Waals surface area contributed by atoms with E-state index in [1.54, 1.807) is 6.07 Å². The lowest BCUT2D eigenvalue weighted by molar-refractivity contribution is -0.189. The number of benzene rings is 4. The number of ether oxygens (including phenoxy) is 1. The zero-order valence-electron chi connectivity index (χ0n) is 20.8. The Hall–Kier alpha value is -4.09. The highest BCUT2D eigenvalue weighted by Crippen LogP contribution is 2.40. The first-order chi connectivity index (χ1) is 19.1. The van der Waals surface area contributed by atoms with E-state index in [1.165, 1.54) is 18.2 Å². The van der Waals surface area contributed by atoms with Crippen LogP contribution in [0.25, 0.3) is 22.3 Å². The second kappa shape index (κ2) is 11.1. The largest absolute Gasteiger partial charge is 0.432 e. The van der Waals surface area contributed by atoms with E-state index in [0.29, 0.717) is 18.6 Å². The summed E-state index contributed by atoms with van der Waals surface area (Å²) >= 11 is 0. The fourth-order valence-electron chi connectivity index (χ4n) is 4.24. The number of aryl methyl sites for hydroxylation is 1. The Balaban J connectivity index is 1.65. The lowest BCUT2D eigenvalue weighted by Crippen LogP contribution is -2.25. The van der Waals surface area contributed by atoms with Gasteiger partial charge >= 0.3 is 12.3 Å². The molecule has 1 nitrogen and oxygen atoms in total.